The first-order valence-corrected chi connectivity index (χ1v) is 9.89. The van der Waals surface area contributed by atoms with Gasteiger partial charge in [0.25, 0.3) is 11.8 Å². The molecule has 0 atom stereocenters. The number of benzene rings is 3. The summed E-state index contributed by atoms with van der Waals surface area (Å²) in [5.74, 6) is -2.61. The zero-order chi connectivity index (χ0) is 22.8. The van der Waals surface area contributed by atoms with Crippen LogP contribution in [0.4, 0.5) is 14.5 Å². The van der Waals surface area contributed by atoms with Crippen molar-refractivity contribution in [3.8, 4) is 0 Å². The van der Waals surface area contributed by atoms with Gasteiger partial charge >= 0.3 is 0 Å². The molecule has 160 valence electrons. The van der Waals surface area contributed by atoms with Crippen molar-refractivity contribution in [1.29, 1.82) is 0 Å². The van der Waals surface area contributed by atoms with Crippen LogP contribution in [0.2, 0.25) is 5.02 Å². The van der Waals surface area contributed by atoms with Crippen LogP contribution < -0.4 is 10.6 Å². The second-order valence-corrected chi connectivity index (χ2v) is 7.49. The zero-order valence-corrected chi connectivity index (χ0v) is 17.2. The first-order valence-electron chi connectivity index (χ1n) is 9.51. The van der Waals surface area contributed by atoms with Crippen LogP contribution in [-0.4, -0.2) is 17.6 Å². The molecule has 2 amide bonds. The summed E-state index contributed by atoms with van der Waals surface area (Å²) in [5.41, 5.74) is 1.59. The number of rotatable bonds is 4. The van der Waals surface area contributed by atoms with Gasteiger partial charge in [-0.25, -0.2) is 8.78 Å². The van der Waals surface area contributed by atoms with Crippen LogP contribution in [0.3, 0.4) is 0 Å². The molecular formula is C24H15ClF2N2O3. The van der Waals surface area contributed by atoms with E-state index in [-0.39, 0.29) is 39.8 Å². The third kappa shape index (κ3) is 4.43. The molecule has 1 aliphatic rings. The van der Waals surface area contributed by atoms with Gasteiger partial charge in [-0.15, -0.1) is 0 Å². The van der Waals surface area contributed by atoms with E-state index in [1.807, 2.05) is 0 Å². The number of ketones is 1. The number of Topliss-reactive ketones (excluding diaryl/α,β-unsaturated/α-hetero) is 1. The van der Waals surface area contributed by atoms with Crippen LogP contribution in [0.15, 0.2) is 66.2 Å². The van der Waals surface area contributed by atoms with E-state index in [1.165, 1.54) is 48.5 Å². The molecule has 0 aliphatic carbocycles. The lowest BCUT2D eigenvalue weighted by atomic mass is 9.93. The molecule has 5 nitrogen and oxygen atoms in total. The summed E-state index contributed by atoms with van der Waals surface area (Å²) in [6.45, 7) is 0.178. The number of carbonyl (C=O) groups excluding carboxylic acids is 3. The summed E-state index contributed by atoms with van der Waals surface area (Å²) in [4.78, 5) is 37.9. The number of hydrogen-bond acceptors (Lipinski definition) is 3. The maximum atomic E-state index is 13.4. The van der Waals surface area contributed by atoms with Gasteiger partial charge in [-0.3, -0.25) is 14.4 Å². The molecule has 3 aromatic rings. The van der Waals surface area contributed by atoms with Crippen molar-refractivity contribution in [3.63, 3.8) is 0 Å². The summed E-state index contributed by atoms with van der Waals surface area (Å²) in [6.07, 6.45) is 1.31. The van der Waals surface area contributed by atoms with Gasteiger partial charge in [0.05, 0.1) is 16.3 Å². The van der Waals surface area contributed by atoms with Crippen molar-refractivity contribution >= 4 is 41.0 Å². The first kappa shape index (κ1) is 21.4. The van der Waals surface area contributed by atoms with E-state index in [2.05, 4.69) is 10.6 Å². The van der Waals surface area contributed by atoms with Crippen molar-refractivity contribution in [1.82, 2.24) is 5.32 Å². The van der Waals surface area contributed by atoms with Gasteiger partial charge in [0, 0.05) is 17.7 Å². The van der Waals surface area contributed by atoms with E-state index >= 15 is 0 Å². The second-order valence-electron chi connectivity index (χ2n) is 7.08. The topological polar surface area (TPSA) is 75.3 Å². The maximum absolute atomic E-state index is 13.4. The Labute approximate surface area is 186 Å². The van der Waals surface area contributed by atoms with Crippen LogP contribution in [0.5, 0.6) is 0 Å². The molecule has 1 heterocycles. The SMILES string of the molecule is O=C1Nc2ccc(C(=O)NCc3ccc(F)cc3)cc2C(=O)/C1=C\c1ccc(F)c(Cl)c1. The molecule has 0 fully saturated rings. The molecule has 8 heteroatoms. The molecular weight excluding hydrogens is 438 g/mol. The average Bonchev–Trinajstić information content (AvgIpc) is 2.78. The van der Waals surface area contributed by atoms with Gasteiger partial charge in [0.2, 0.25) is 5.78 Å². The smallest absolute Gasteiger partial charge is 0.259 e. The predicted octanol–water partition coefficient (Wildman–Crippen LogP) is 4.77. The molecule has 0 radical (unpaired) electrons. The first-order chi connectivity index (χ1) is 15.3. The van der Waals surface area contributed by atoms with Crippen molar-refractivity contribution < 1.29 is 23.2 Å². The quantitative estimate of drug-likeness (QED) is 0.442. The van der Waals surface area contributed by atoms with Crippen LogP contribution >= 0.6 is 11.6 Å². The highest BCUT2D eigenvalue weighted by atomic mass is 35.5. The molecule has 0 saturated heterocycles. The van der Waals surface area contributed by atoms with E-state index in [0.717, 1.165) is 6.07 Å². The Morgan fingerprint density at radius 2 is 1.75 bits per heavy atom. The van der Waals surface area contributed by atoms with Crippen molar-refractivity contribution in [2.75, 3.05) is 5.32 Å². The largest absolute Gasteiger partial charge is 0.348 e. The van der Waals surface area contributed by atoms with Crippen LogP contribution in [0, 0.1) is 11.6 Å². The minimum absolute atomic E-state index is 0.136. The van der Waals surface area contributed by atoms with Crippen LogP contribution in [0.25, 0.3) is 6.08 Å². The fourth-order valence-corrected chi connectivity index (χ4v) is 3.40. The summed E-state index contributed by atoms with van der Waals surface area (Å²) >= 11 is 5.77. The van der Waals surface area contributed by atoms with Gasteiger partial charge in [0.1, 0.15) is 11.6 Å². The fraction of sp³-hybridized carbons (Fsp3) is 0.0417. The number of hydrogen-bond donors (Lipinski definition) is 2. The summed E-state index contributed by atoms with van der Waals surface area (Å²) in [7, 11) is 0. The molecule has 2 N–H and O–H groups in total. The molecule has 0 aromatic heterocycles. The second kappa shape index (κ2) is 8.72. The van der Waals surface area contributed by atoms with Crippen molar-refractivity contribution in [2.45, 2.75) is 6.54 Å². The highest BCUT2D eigenvalue weighted by Gasteiger charge is 2.29. The minimum Gasteiger partial charge on any atom is -0.348 e. The Balaban J connectivity index is 1.57. The maximum Gasteiger partial charge on any atom is 0.259 e. The molecule has 4 rings (SSSR count). The number of fused-ring (bicyclic) bond motifs is 1. The highest BCUT2D eigenvalue weighted by molar-refractivity contribution is 6.36. The van der Waals surface area contributed by atoms with Crippen LogP contribution in [-0.2, 0) is 11.3 Å². The van der Waals surface area contributed by atoms with Crippen molar-refractivity contribution in [2.24, 2.45) is 0 Å². The molecule has 0 saturated carbocycles. The normalized spacial score (nSPS) is 14.2. The summed E-state index contributed by atoms with van der Waals surface area (Å²) in [5, 5.41) is 5.18. The van der Waals surface area contributed by atoms with E-state index in [0.29, 0.717) is 11.1 Å². The standard InChI is InChI=1S/C24H15ClF2N2O3/c25-19-10-14(3-7-20(19)27)9-18-22(30)17-11-15(4-8-21(17)29-24(18)32)23(31)28-12-13-1-5-16(26)6-2-13/h1-11H,12H2,(H,28,31)(H,29,32)/b18-9+. The van der Waals surface area contributed by atoms with Gasteiger partial charge < -0.3 is 10.6 Å². The van der Waals surface area contributed by atoms with E-state index in [4.69, 9.17) is 11.6 Å². The predicted molar refractivity (Wildman–Crippen MR) is 116 cm³/mol. The summed E-state index contributed by atoms with van der Waals surface area (Å²) in [6, 6.07) is 13.9. The molecule has 0 spiro atoms. The Bertz CT molecular complexity index is 1290. The van der Waals surface area contributed by atoms with Crippen LogP contribution in [0.1, 0.15) is 31.8 Å². The van der Waals surface area contributed by atoms with Gasteiger partial charge in [-0.2, -0.15) is 0 Å². The lowest BCUT2D eigenvalue weighted by molar-refractivity contribution is -0.112. The van der Waals surface area contributed by atoms with Crippen molar-refractivity contribution in [3.05, 3.63) is 105 Å². The molecule has 32 heavy (non-hydrogen) atoms. The number of halogens is 3. The fourth-order valence-electron chi connectivity index (χ4n) is 3.21. The third-order valence-electron chi connectivity index (χ3n) is 4.88. The van der Waals surface area contributed by atoms with Gasteiger partial charge in [-0.1, -0.05) is 29.8 Å². The third-order valence-corrected chi connectivity index (χ3v) is 5.17. The number of amides is 2. The van der Waals surface area contributed by atoms with Gasteiger partial charge in [-0.05, 0) is 59.7 Å². The molecule has 3 aromatic carbocycles. The lowest BCUT2D eigenvalue weighted by Gasteiger charge is -2.19. The Morgan fingerprint density at radius 1 is 1.00 bits per heavy atom. The van der Waals surface area contributed by atoms with E-state index in [9.17, 15) is 23.2 Å². The Hall–Kier alpha value is -3.84. The summed E-state index contributed by atoms with van der Waals surface area (Å²) < 4.78 is 26.4. The van der Waals surface area contributed by atoms with E-state index in [1.54, 1.807) is 12.1 Å². The molecule has 1 aliphatic heterocycles. The highest BCUT2D eigenvalue weighted by Crippen LogP contribution is 2.28. The monoisotopic (exact) mass is 452 g/mol. The Morgan fingerprint density at radius 3 is 2.47 bits per heavy atom. The Kier molecular flexibility index (Phi) is 5.83. The molecule has 0 unspecified atom stereocenters. The number of anilines is 1. The molecule has 0 bridgehead atoms. The number of nitrogens with one attached hydrogen (secondary N) is 2. The average molecular weight is 453 g/mol. The minimum atomic E-state index is -0.616. The van der Waals surface area contributed by atoms with E-state index < -0.39 is 23.4 Å². The van der Waals surface area contributed by atoms with Gasteiger partial charge in [0.15, 0.2) is 0 Å². The lowest BCUT2D eigenvalue weighted by Crippen LogP contribution is -2.28. The zero-order valence-electron chi connectivity index (χ0n) is 16.4. The number of carbonyl (C=O) groups is 3.